The molecule has 1 amide bonds. The van der Waals surface area contributed by atoms with Crippen LogP contribution in [0.2, 0.25) is 0 Å². The topological polar surface area (TPSA) is 69.6 Å². The number of carbonyl (C=O) groups is 2. The number of nitrogens with one attached hydrogen (secondary N) is 1. The fraction of sp³-hybridized carbons (Fsp3) is 0.273. The molecule has 5 heteroatoms. The highest BCUT2D eigenvalue weighted by Crippen LogP contribution is 2.17. The van der Waals surface area contributed by atoms with Crippen molar-refractivity contribution in [2.24, 2.45) is 0 Å². The zero-order valence-electron chi connectivity index (χ0n) is 9.18. The van der Waals surface area contributed by atoms with E-state index in [9.17, 15) is 9.59 Å². The van der Waals surface area contributed by atoms with E-state index in [0.717, 1.165) is 0 Å². The largest absolute Gasteiger partial charge is 0.480 e. The zero-order chi connectivity index (χ0) is 12.1. The molecule has 0 radical (unpaired) electrons. The van der Waals surface area contributed by atoms with Crippen LogP contribution in [0.15, 0.2) is 30.3 Å². The van der Waals surface area contributed by atoms with Gasteiger partial charge in [0.25, 0.3) is 0 Å². The minimum atomic E-state index is -1.01. The Kier molecular flexibility index (Phi) is 4.02. The summed E-state index contributed by atoms with van der Waals surface area (Å²) in [5.41, 5.74) is 3.05. The quantitative estimate of drug-likeness (QED) is 0.739. The van der Waals surface area contributed by atoms with E-state index >= 15 is 0 Å². The second-order valence-electron chi connectivity index (χ2n) is 3.43. The van der Waals surface area contributed by atoms with E-state index in [0.29, 0.717) is 5.56 Å². The number of hydrazine groups is 1. The Morgan fingerprint density at radius 1 is 1.31 bits per heavy atom. The molecule has 1 unspecified atom stereocenters. The number of aliphatic carboxylic acids is 1. The van der Waals surface area contributed by atoms with Crippen LogP contribution in [0.1, 0.15) is 18.5 Å². The first-order valence-corrected chi connectivity index (χ1v) is 4.80. The summed E-state index contributed by atoms with van der Waals surface area (Å²) in [4.78, 5) is 22.0. The van der Waals surface area contributed by atoms with E-state index in [1.165, 1.54) is 19.0 Å². The fourth-order valence-electron chi connectivity index (χ4n) is 1.48. The van der Waals surface area contributed by atoms with Gasteiger partial charge in [-0.2, -0.15) is 0 Å². The summed E-state index contributed by atoms with van der Waals surface area (Å²) >= 11 is 0. The number of hydrogen-bond acceptors (Lipinski definition) is 3. The number of rotatable bonds is 4. The summed E-state index contributed by atoms with van der Waals surface area (Å²) < 4.78 is 0. The SMILES string of the molecule is CC(=O)NN(C)C(C(=O)O)c1ccccc1. The van der Waals surface area contributed by atoms with E-state index in [4.69, 9.17) is 5.11 Å². The van der Waals surface area contributed by atoms with Gasteiger partial charge < -0.3 is 5.11 Å². The Morgan fingerprint density at radius 2 is 1.88 bits per heavy atom. The molecule has 0 heterocycles. The molecular weight excluding hydrogens is 208 g/mol. The summed E-state index contributed by atoms with van der Waals surface area (Å²) in [6, 6.07) is 7.85. The van der Waals surface area contributed by atoms with Crippen molar-refractivity contribution in [2.45, 2.75) is 13.0 Å². The monoisotopic (exact) mass is 222 g/mol. The number of carbonyl (C=O) groups excluding carboxylic acids is 1. The third kappa shape index (κ3) is 3.06. The van der Waals surface area contributed by atoms with Gasteiger partial charge in [-0.05, 0) is 5.56 Å². The van der Waals surface area contributed by atoms with Gasteiger partial charge in [0, 0.05) is 14.0 Å². The van der Waals surface area contributed by atoms with Gasteiger partial charge in [-0.3, -0.25) is 15.0 Å². The molecule has 0 fully saturated rings. The van der Waals surface area contributed by atoms with Crippen molar-refractivity contribution in [3.8, 4) is 0 Å². The molecule has 1 aromatic carbocycles. The highest BCUT2D eigenvalue weighted by atomic mass is 16.4. The number of carboxylic acids is 1. The van der Waals surface area contributed by atoms with Crippen molar-refractivity contribution in [1.29, 1.82) is 0 Å². The third-order valence-electron chi connectivity index (χ3n) is 2.07. The highest BCUT2D eigenvalue weighted by molar-refractivity contribution is 5.77. The number of benzene rings is 1. The summed E-state index contributed by atoms with van der Waals surface area (Å²) in [5, 5.41) is 10.4. The molecule has 0 aliphatic heterocycles. The molecule has 16 heavy (non-hydrogen) atoms. The Labute approximate surface area is 93.7 Å². The van der Waals surface area contributed by atoms with Crippen LogP contribution < -0.4 is 5.43 Å². The average molecular weight is 222 g/mol. The lowest BCUT2D eigenvalue weighted by Crippen LogP contribution is -2.43. The number of carboxylic acid groups (broad SMARTS) is 1. The van der Waals surface area contributed by atoms with Crippen molar-refractivity contribution >= 4 is 11.9 Å². The van der Waals surface area contributed by atoms with Gasteiger partial charge in [0.05, 0.1) is 0 Å². The van der Waals surface area contributed by atoms with Crippen LogP contribution in [-0.2, 0) is 9.59 Å². The minimum absolute atomic E-state index is 0.301. The molecule has 0 aliphatic carbocycles. The third-order valence-corrected chi connectivity index (χ3v) is 2.07. The van der Waals surface area contributed by atoms with Crippen LogP contribution in [0, 0.1) is 0 Å². The van der Waals surface area contributed by atoms with Gasteiger partial charge in [0.1, 0.15) is 0 Å². The van der Waals surface area contributed by atoms with Crippen molar-refractivity contribution in [3.63, 3.8) is 0 Å². The lowest BCUT2D eigenvalue weighted by atomic mass is 10.1. The van der Waals surface area contributed by atoms with Gasteiger partial charge >= 0.3 is 5.97 Å². The highest BCUT2D eigenvalue weighted by Gasteiger charge is 2.24. The lowest BCUT2D eigenvalue weighted by Gasteiger charge is -2.24. The normalized spacial score (nSPS) is 12.2. The molecule has 0 aromatic heterocycles. The van der Waals surface area contributed by atoms with Crippen LogP contribution in [-0.4, -0.2) is 29.0 Å². The molecule has 1 atom stereocenters. The van der Waals surface area contributed by atoms with Crippen LogP contribution in [0.25, 0.3) is 0 Å². The van der Waals surface area contributed by atoms with Crippen LogP contribution >= 0.6 is 0 Å². The maximum atomic E-state index is 11.1. The molecule has 86 valence electrons. The number of amides is 1. The smallest absolute Gasteiger partial charge is 0.327 e. The second kappa shape index (κ2) is 5.27. The molecule has 0 bridgehead atoms. The van der Waals surface area contributed by atoms with Crippen molar-refractivity contribution in [1.82, 2.24) is 10.4 Å². The first kappa shape index (κ1) is 12.2. The van der Waals surface area contributed by atoms with Crippen molar-refractivity contribution < 1.29 is 14.7 Å². The zero-order valence-corrected chi connectivity index (χ0v) is 9.18. The molecule has 0 saturated heterocycles. The van der Waals surface area contributed by atoms with Gasteiger partial charge in [-0.1, -0.05) is 30.3 Å². The molecule has 5 nitrogen and oxygen atoms in total. The molecule has 1 aromatic rings. The Balaban J connectivity index is 2.92. The van der Waals surface area contributed by atoms with E-state index in [1.54, 1.807) is 30.3 Å². The molecule has 1 rings (SSSR count). The van der Waals surface area contributed by atoms with Crippen molar-refractivity contribution in [3.05, 3.63) is 35.9 Å². The van der Waals surface area contributed by atoms with Gasteiger partial charge in [-0.25, -0.2) is 5.01 Å². The Bertz CT molecular complexity index is 378. The standard InChI is InChI=1S/C11H14N2O3/c1-8(14)12-13(2)10(11(15)16)9-6-4-3-5-7-9/h3-7,10H,1-2H3,(H,12,14)(H,15,16). The van der Waals surface area contributed by atoms with Crippen LogP contribution in [0.5, 0.6) is 0 Å². The van der Waals surface area contributed by atoms with E-state index in [2.05, 4.69) is 5.43 Å². The maximum absolute atomic E-state index is 11.1. The van der Waals surface area contributed by atoms with E-state index in [-0.39, 0.29) is 5.91 Å². The van der Waals surface area contributed by atoms with Crippen molar-refractivity contribution in [2.75, 3.05) is 7.05 Å². The van der Waals surface area contributed by atoms with Gasteiger partial charge in [0.2, 0.25) is 5.91 Å². The first-order valence-electron chi connectivity index (χ1n) is 4.80. The maximum Gasteiger partial charge on any atom is 0.327 e. The Morgan fingerprint density at radius 3 is 2.31 bits per heavy atom. The fourth-order valence-corrected chi connectivity index (χ4v) is 1.48. The first-order chi connectivity index (χ1) is 7.52. The number of likely N-dealkylation sites (N-methyl/N-ethyl adjacent to an activating group) is 1. The second-order valence-corrected chi connectivity index (χ2v) is 3.43. The predicted octanol–water partition coefficient (Wildman–Crippen LogP) is 0.795. The summed E-state index contributed by atoms with van der Waals surface area (Å²) in [7, 11) is 1.52. The Hall–Kier alpha value is -1.88. The lowest BCUT2D eigenvalue weighted by molar-refractivity contribution is -0.145. The average Bonchev–Trinajstić information content (AvgIpc) is 2.17. The van der Waals surface area contributed by atoms with E-state index in [1.807, 2.05) is 0 Å². The molecule has 0 saturated carbocycles. The van der Waals surface area contributed by atoms with E-state index < -0.39 is 12.0 Å². The van der Waals surface area contributed by atoms with Crippen LogP contribution in [0.3, 0.4) is 0 Å². The molecule has 0 aliphatic rings. The number of hydrogen-bond donors (Lipinski definition) is 2. The van der Waals surface area contributed by atoms with Gasteiger partial charge in [-0.15, -0.1) is 0 Å². The molecule has 0 spiro atoms. The summed E-state index contributed by atoms with van der Waals surface area (Å²) in [5.74, 6) is -1.31. The minimum Gasteiger partial charge on any atom is -0.480 e. The van der Waals surface area contributed by atoms with Gasteiger partial charge in [0.15, 0.2) is 6.04 Å². The molecule has 2 N–H and O–H groups in total. The summed E-state index contributed by atoms with van der Waals surface area (Å²) in [6.07, 6.45) is 0. The summed E-state index contributed by atoms with van der Waals surface area (Å²) in [6.45, 7) is 1.33. The predicted molar refractivity (Wildman–Crippen MR) is 58.4 cm³/mol. The van der Waals surface area contributed by atoms with Crippen LogP contribution in [0.4, 0.5) is 0 Å². The number of nitrogens with zero attached hydrogens (tertiary/aromatic N) is 1. The molecular formula is C11H14N2O3.